The Balaban J connectivity index is 1.72. The molecule has 30 heavy (non-hydrogen) atoms. The van der Waals surface area contributed by atoms with Gasteiger partial charge in [-0.15, -0.1) is 10.2 Å². The van der Waals surface area contributed by atoms with Gasteiger partial charge in [-0.3, -0.25) is 14.9 Å². The Morgan fingerprint density at radius 1 is 1.07 bits per heavy atom. The zero-order chi connectivity index (χ0) is 21.7. The molecule has 0 N–H and O–H groups in total. The van der Waals surface area contributed by atoms with Crippen LogP contribution in [-0.4, -0.2) is 48.0 Å². The second-order valence-electron chi connectivity index (χ2n) is 5.80. The van der Waals surface area contributed by atoms with E-state index in [0.717, 1.165) is 11.8 Å². The first-order chi connectivity index (χ1) is 14.5. The minimum Gasteiger partial charge on any atom is -0.493 e. The van der Waals surface area contributed by atoms with Gasteiger partial charge in [-0.2, -0.15) is 0 Å². The fourth-order valence-corrected chi connectivity index (χ4v) is 3.23. The molecule has 1 heterocycles. The molecular formula is C19H17N3O7S. The van der Waals surface area contributed by atoms with Gasteiger partial charge in [0.2, 0.25) is 11.6 Å². The van der Waals surface area contributed by atoms with Gasteiger partial charge in [-0.1, -0.05) is 11.8 Å². The monoisotopic (exact) mass is 431 g/mol. The van der Waals surface area contributed by atoms with Crippen molar-refractivity contribution in [2.45, 2.75) is 5.22 Å². The molecule has 10 nitrogen and oxygen atoms in total. The van der Waals surface area contributed by atoms with Crippen LogP contribution in [0.4, 0.5) is 5.69 Å². The number of nitro benzene ring substituents is 1. The van der Waals surface area contributed by atoms with Gasteiger partial charge in [0.15, 0.2) is 17.3 Å². The summed E-state index contributed by atoms with van der Waals surface area (Å²) in [5, 5.41) is 18.8. The molecule has 0 aliphatic carbocycles. The molecule has 0 aliphatic heterocycles. The highest BCUT2D eigenvalue weighted by Gasteiger charge is 2.18. The fraction of sp³-hybridized carbons (Fsp3) is 0.211. The molecule has 0 radical (unpaired) electrons. The summed E-state index contributed by atoms with van der Waals surface area (Å²) in [5.74, 6) is 1.35. The van der Waals surface area contributed by atoms with Gasteiger partial charge in [0.1, 0.15) is 0 Å². The molecule has 0 atom stereocenters. The molecule has 1 aromatic heterocycles. The molecule has 3 aromatic rings. The van der Waals surface area contributed by atoms with E-state index in [1.165, 1.54) is 45.6 Å². The molecule has 0 aliphatic rings. The third kappa shape index (κ3) is 4.51. The Hall–Kier alpha value is -3.60. The molecular weight excluding hydrogens is 414 g/mol. The normalized spacial score (nSPS) is 10.5. The lowest BCUT2D eigenvalue weighted by Gasteiger charge is -2.12. The quantitative estimate of drug-likeness (QED) is 0.214. The van der Waals surface area contributed by atoms with Crippen LogP contribution in [0.3, 0.4) is 0 Å². The highest BCUT2D eigenvalue weighted by molar-refractivity contribution is 7.99. The van der Waals surface area contributed by atoms with Crippen LogP contribution in [0.25, 0.3) is 11.5 Å². The number of carbonyl (C=O) groups is 1. The lowest BCUT2D eigenvalue weighted by molar-refractivity contribution is -0.384. The number of nitrogens with zero attached hydrogens (tertiary/aromatic N) is 3. The van der Waals surface area contributed by atoms with Crippen LogP contribution < -0.4 is 14.2 Å². The molecule has 156 valence electrons. The minimum absolute atomic E-state index is 0.0364. The maximum Gasteiger partial charge on any atom is 0.277 e. The van der Waals surface area contributed by atoms with Crippen LogP contribution in [-0.2, 0) is 0 Å². The van der Waals surface area contributed by atoms with Gasteiger partial charge in [0, 0.05) is 23.3 Å². The van der Waals surface area contributed by atoms with E-state index in [0.29, 0.717) is 28.4 Å². The highest BCUT2D eigenvalue weighted by atomic mass is 32.2. The lowest BCUT2D eigenvalue weighted by Crippen LogP contribution is -2.02. The zero-order valence-electron chi connectivity index (χ0n) is 16.3. The van der Waals surface area contributed by atoms with Gasteiger partial charge in [-0.05, 0) is 24.3 Å². The number of hydrogen-bond donors (Lipinski definition) is 0. The number of non-ortho nitro benzene ring substituents is 1. The summed E-state index contributed by atoms with van der Waals surface area (Å²) >= 11 is 1.07. The summed E-state index contributed by atoms with van der Waals surface area (Å²) < 4.78 is 21.5. The Kier molecular flexibility index (Phi) is 6.52. The predicted molar refractivity (Wildman–Crippen MR) is 108 cm³/mol. The van der Waals surface area contributed by atoms with Gasteiger partial charge >= 0.3 is 0 Å². The number of thioether (sulfide) groups is 1. The van der Waals surface area contributed by atoms with Crippen LogP contribution >= 0.6 is 11.8 Å². The van der Waals surface area contributed by atoms with Crippen LogP contribution in [0.2, 0.25) is 0 Å². The van der Waals surface area contributed by atoms with E-state index < -0.39 is 4.92 Å². The Morgan fingerprint density at radius 3 is 2.23 bits per heavy atom. The topological polar surface area (TPSA) is 127 Å². The van der Waals surface area contributed by atoms with Crippen molar-refractivity contribution in [3.05, 3.63) is 52.1 Å². The van der Waals surface area contributed by atoms with Crippen molar-refractivity contribution < 1.29 is 28.3 Å². The molecule has 0 amide bonds. The molecule has 0 fully saturated rings. The number of aromatic nitrogens is 2. The summed E-state index contributed by atoms with van der Waals surface area (Å²) in [7, 11) is 4.50. The molecule has 0 saturated heterocycles. The highest BCUT2D eigenvalue weighted by Crippen LogP contribution is 2.41. The van der Waals surface area contributed by atoms with Crippen molar-refractivity contribution in [3.63, 3.8) is 0 Å². The van der Waals surface area contributed by atoms with E-state index >= 15 is 0 Å². The van der Waals surface area contributed by atoms with Crippen molar-refractivity contribution in [3.8, 4) is 28.7 Å². The summed E-state index contributed by atoms with van der Waals surface area (Å²) in [4.78, 5) is 22.5. The SMILES string of the molecule is COc1cc(-c2nnc(SCC(=O)c3ccc([N+](=O)[O-])cc3)o2)cc(OC)c1OC. The number of carbonyl (C=O) groups excluding carboxylic acids is 1. The second kappa shape index (κ2) is 9.27. The van der Waals surface area contributed by atoms with Crippen molar-refractivity contribution in [2.24, 2.45) is 0 Å². The van der Waals surface area contributed by atoms with E-state index in [-0.39, 0.29) is 28.3 Å². The van der Waals surface area contributed by atoms with E-state index in [4.69, 9.17) is 18.6 Å². The first-order valence-corrected chi connectivity index (χ1v) is 9.49. The number of rotatable bonds is 9. The van der Waals surface area contributed by atoms with Gasteiger partial charge in [0.25, 0.3) is 10.9 Å². The number of hydrogen-bond acceptors (Lipinski definition) is 10. The van der Waals surface area contributed by atoms with E-state index in [1.807, 2.05) is 0 Å². The largest absolute Gasteiger partial charge is 0.493 e. The standard InChI is InChI=1S/C19H17N3O7S/c1-26-15-8-12(9-16(27-2)17(15)28-3)18-20-21-19(29-18)30-10-14(23)11-4-6-13(7-5-11)22(24)25/h4-9H,10H2,1-3H3. The lowest BCUT2D eigenvalue weighted by atomic mass is 10.1. The Labute approximate surface area is 175 Å². The molecule has 2 aromatic carbocycles. The summed E-state index contributed by atoms with van der Waals surface area (Å²) in [6.07, 6.45) is 0. The Morgan fingerprint density at radius 2 is 1.70 bits per heavy atom. The number of methoxy groups -OCH3 is 3. The van der Waals surface area contributed by atoms with Crippen molar-refractivity contribution in [1.29, 1.82) is 0 Å². The summed E-state index contributed by atoms with van der Waals surface area (Å²) in [6.45, 7) is 0. The molecule has 0 unspecified atom stereocenters. The van der Waals surface area contributed by atoms with E-state index in [2.05, 4.69) is 10.2 Å². The average Bonchev–Trinajstić information content (AvgIpc) is 3.25. The molecule has 11 heteroatoms. The van der Waals surface area contributed by atoms with Gasteiger partial charge in [-0.25, -0.2) is 0 Å². The molecule has 0 saturated carbocycles. The van der Waals surface area contributed by atoms with Crippen LogP contribution in [0.5, 0.6) is 17.2 Å². The maximum atomic E-state index is 12.3. The van der Waals surface area contributed by atoms with Crippen LogP contribution in [0.1, 0.15) is 10.4 Å². The van der Waals surface area contributed by atoms with E-state index in [9.17, 15) is 14.9 Å². The molecule has 0 spiro atoms. The summed E-state index contributed by atoms with van der Waals surface area (Å²) in [5.41, 5.74) is 0.842. The van der Waals surface area contributed by atoms with E-state index in [1.54, 1.807) is 12.1 Å². The smallest absolute Gasteiger partial charge is 0.277 e. The van der Waals surface area contributed by atoms with Crippen molar-refractivity contribution >= 4 is 23.2 Å². The Bertz CT molecular complexity index is 1040. The maximum absolute atomic E-state index is 12.3. The van der Waals surface area contributed by atoms with Gasteiger partial charge in [0.05, 0.1) is 32.0 Å². The number of ether oxygens (including phenoxy) is 3. The van der Waals surface area contributed by atoms with Crippen molar-refractivity contribution in [2.75, 3.05) is 27.1 Å². The minimum atomic E-state index is -0.522. The first kappa shape index (κ1) is 21.1. The predicted octanol–water partition coefficient (Wildman–Crippen LogP) is 3.65. The van der Waals surface area contributed by atoms with Gasteiger partial charge < -0.3 is 18.6 Å². The molecule has 0 bridgehead atoms. The number of Topliss-reactive ketones (excluding diaryl/α,β-unsaturated/α-hetero) is 1. The summed E-state index contributed by atoms with van der Waals surface area (Å²) in [6, 6.07) is 8.74. The van der Waals surface area contributed by atoms with Crippen LogP contribution in [0, 0.1) is 10.1 Å². The number of ketones is 1. The van der Waals surface area contributed by atoms with Crippen LogP contribution in [0.15, 0.2) is 46.0 Å². The van der Waals surface area contributed by atoms with Crippen molar-refractivity contribution in [1.82, 2.24) is 10.2 Å². The average molecular weight is 431 g/mol. The number of nitro groups is 1. The molecule has 3 rings (SSSR count). The third-order valence-corrected chi connectivity index (χ3v) is 4.86. The number of benzene rings is 2. The third-order valence-electron chi connectivity index (χ3n) is 4.04. The second-order valence-corrected chi connectivity index (χ2v) is 6.73. The fourth-order valence-electron chi connectivity index (χ4n) is 2.57. The first-order valence-electron chi connectivity index (χ1n) is 8.51. The zero-order valence-corrected chi connectivity index (χ0v) is 17.1.